The Labute approximate surface area is 167 Å². The molecule has 0 unspecified atom stereocenters. The molecule has 4 nitrogen and oxygen atoms in total. The van der Waals surface area contributed by atoms with Gasteiger partial charge in [0.2, 0.25) is 5.91 Å². The minimum absolute atomic E-state index is 0.0491. The number of carbonyl (C=O) groups is 1. The summed E-state index contributed by atoms with van der Waals surface area (Å²) >= 11 is 0. The van der Waals surface area contributed by atoms with Crippen LogP contribution in [-0.2, 0) is 16.8 Å². The largest absolute Gasteiger partial charge is 0.383 e. The topological polar surface area (TPSA) is 43.8 Å². The Kier molecular flexibility index (Phi) is 5.51. The lowest BCUT2D eigenvalue weighted by Gasteiger charge is -2.48. The number of carbonyl (C=O) groups excluding carboxylic acids is 1. The molecule has 1 amide bonds. The zero-order chi connectivity index (χ0) is 19.6. The number of amides is 1. The summed E-state index contributed by atoms with van der Waals surface area (Å²) in [5, 5.41) is 11.7. The smallest absolute Gasteiger partial charge is 0.227 e. The number of likely N-dealkylation sites (tertiary alicyclic amines) is 2. The van der Waals surface area contributed by atoms with Crippen LogP contribution in [-0.4, -0.2) is 53.0 Å². The Morgan fingerprint density at radius 2 is 1.71 bits per heavy atom. The van der Waals surface area contributed by atoms with Crippen LogP contribution in [0.4, 0.5) is 0 Å². The van der Waals surface area contributed by atoms with Gasteiger partial charge in [-0.2, -0.15) is 0 Å². The Morgan fingerprint density at radius 3 is 2.43 bits per heavy atom. The lowest BCUT2D eigenvalue weighted by atomic mass is 9.79. The normalized spacial score (nSPS) is 25.8. The van der Waals surface area contributed by atoms with E-state index in [9.17, 15) is 9.90 Å². The highest BCUT2D eigenvalue weighted by Gasteiger charge is 2.47. The molecule has 0 radical (unpaired) electrons. The fourth-order valence-corrected chi connectivity index (χ4v) is 4.77. The van der Waals surface area contributed by atoms with E-state index in [2.05, 4.69) is 17.9 Å². The summed E-state index contributed by atoms with van der Waals surface area (Å²) in [6.45, 7) is 5.25. The Bertz CT molecular complexity index is 816. The van der Waals surface area contributed by atoms with Crippen LogP contribution in [0.1, 0.15) is 36.0 Å². The number of rotatable bonds is 4. The number of nitrogens with zero attached hydrogens (tertiary/aromatic N) is 2. The van der Waals surface area contributed by atoms with Gasteiger partial charge in [-0.1, -0.05) is 54.6 Å². The average molecular weight is 379 g/mol. The van der Waals surface area contributed by atoms with Crippen molar-refractivity contribution in [3.63, 3.8) is 0 Å². The minimum atomic E-state index is -0.898. The Balaban J connectivity index is 1.55. The van der Waals surface area contributed by atoms with Crippen molar-refractivity contribution in [3.05, 3.63) is 71.3 Å². The predicted molar refractivity (Wildman–Crippen MR) is 111 cm³/mol. The number of benzene rings is 2. The molecule has 2 aliphatic heterocycles. The first-order valence-corrected chi connectivity index (χ1v) is 10.4. The summed E-state index contributed by atoms with van der Waals surface area (Å²) in [6, 6.07) is 18.1. The van der Waals surface area contributed by atoms with Crippen LogP contribution in [0.5, 0.6) is 0 Å². The maximum atomic E-state index is 13.1. The van der Waals surface area contributed by atoms with E-state index in [1.165, 1.54) is 12.8 Å². The molecule has 0 aromatic heterocycles. The van der Waals surface area contributed by atoms with Crippen LogP contribution in [0.3, 0.4) is 0 Å². The summed E-state index contributed by atoms with van der Waals surface area (Å²) in [5.41, 5.74) is 2.32. The van der Waals surface area contributed by atoms with Gasteiger partial charge < -0.3 is 10.0 Å². The highest BCUT2D eigenvalue weighted by atomic mass is 16.3. The van der Waals surface area contributed by atoms with Gasteiger partial charge in [0.1, 0.15) is 5.60 Å². The summed E-state index contributed by atoms with van der Waals surface area (Å²) in [7, 11) is 0. The van der Waals surface area contributed by atoms with Gasteiger partial charge in [-0.05, 0) is 56.0 Å². The third-order valence-electron chi connectivity index (χ3n) is 6.52. The van der Waals surface area contributed by atoms with E-state index in [1.54, 1.807) is 0 Å². The van der Waals surface area contributed by atoms with Crippen molar-refractivity contribution in [2.75, 3.05) is 26.2 Å². The molecule has 2 fully saturated rings. The minimum Gasteiger partial charge on any atom is -0.383 e. The van der Waals surface area contributed by atoms with Gasteiger partial charge in [-0.15, -0.1) is 0 Å². The van der Waals surface area contributed by atoms with E-state index in [-0.39, 0.29) is 11.9 Å². The molecule has 0 aliphatic carbocycles. The number of hydrogen-bond acceptors (Lipinski definition) is 3. The summed E-state index contributed by atoms with van der Waals surface area (Å²) in [6.07, 6.45) is 3.35. The summed E-state index contributed by atoms with van der Waals surface area (Å²) in [5.74, 6) is 0.161. The van der Waals surface area contributed by atoms with E-state index in [4.69, 9.17) is 0 Å². The van der Waals surface area contributed by atoms with E-state index in [0.29, 0.717) is 25.9 Å². The number of aliphatic hydroxyl groups is 1. The molecular formula is C24H30N2O2. The molecule has 2 atom stereocenters. The highest BCUT2D eigenvalue weighted by Crippen LogP contribution is 2.37. The second-order valence-electron chi connectivity index (χ2n) is 8.24. The molecule has 1 N–H and O–H groups in total. The van der Waals surface area contributed by atoms with Crippen LogP contribution in [0.15, 0.2) is 54.6 Å². The Hall–Kier alpha value is -2.17. The first kappa shape index (κ1) is 19.2. The van der Waals surface area contributed by atoms with E-state index >= 15 is 0 Å². The third-order valence-corrected chi connectivity index (χ3v) is 6.52. The van der Waals surface area contributed by atoms with Gasteiger partial charge in [-0.3, -0.25) is 9.69 Å². The first-order valence-electron chi connectivity index (χ1n) is 10.4. The molecule has 0 bridgehead atoms. The summed E-state index contributed by atoms with van der Waals surface area (Å²) < 4.78 is 0. The van der Waals surface area contributed by atoms with Gasteiger partial charge in [0.15, 0.2) is 0 Å². The van der Waals surface area contributed by atoms with Crippen LogP contribution in [0.25, 0.3) is 0 Å². The first-order chi connectivity index (χ1) is 13.6. The van der Waals surface area contributed by atoms with Crippen molar-refractivity contribution in [1.82, 2.24) is 9.80 Å². The highest BCUT2D eigenvalue weighted by molar-refractivity contribution is 5.79. The molecule has 2 aromatic carbocycles. The van der Waals surface area contributed by atoms with Crippen molar-refractivity contribution >= 4 is 5.91 Å². The van der Waals surface area contributed by atoms with Crippen LogP contribution >= 0.6 is 0 Å². The van der Waals surface area contributed by atoms with Gasteiger partial charge in [0, 0.05) is 13.1 Å². The SMILES string of the molecule is Cc1ccccc1CC(=O)N1CC[C@](O)(c2ccccc2)[C@H](N2CCCC2)C1. The monoisotopic (exact) mass is 378 g/mol. The number of piperidine rings is 1. The quantitative estimate of drug-likeness (QED) is 0.889. The predicted octanol–water partition coefficient (Wildman–Crippen LogP) is 3.12. The van der Waals surface area contributed by atoms with Gasteiger partial charge in [0.25, 0.3) is 0 Å². The molecule has 148 valence electrons. The lowest BCUT2D eigenvalue weighted by Crippen LogP contribution is -2.61. The molecular weight excluding hydrogens is 348 g/mol. The fraction of sp³-hybridized carbons (Fsp3) is 0.458. The van der Waals surface area contributed by atoms with E-state index < -0.39 is 5.60 Å². The molecule has 2 aliphatic rings. The zero-order valence-electron chi connectivity index (χ0n) is 16.7. The Morgan fingerprint density at radius 1 is 1.04 bits per heavy atom. The molecule has 4 heteroatoms. The molecule has 0 spiro atoms. The van der Waals surface area contributed by atoms with Crippen molar-refractivity contribution < 1.29 is 9.90 Å². The van der Waals surface area contributed by atoms with Crippen molar-refractivity contribution in [3.8, 4) is 0 Å². The van der Waals surface area contributed by atoms with Crippen molar-refractivity contribution in [2.45, 2.75) is 44.2 Å². The van der Waals surface area contributed by atoms with E-state index in [0.717, 1.165) is 29.8 Å². The van der Waals surface area contributed by atoms with Gasteiger partial charge in [0.05, 0.1) is 12.5 Å². The standard InChI is InChI=1S/C24H30N2O2/c1-19-9-5-6-10-20(19)17-23(27)26-16-13-24(28,21-11-3-2-4-12-21)22(18-26)25-14-7-8-15-25/h2-6,9-12,22,28H,7-8,13-18H2,1H3/t22-,24+/m1/s1. The summed E-state index contributed by atoms with van der Waals surface area (Å²) in [4.78, 5) is 17.4. The number of hydrogen-bond donors (Lipinski definition) is 1. The van der Waals surface area contributed by atoms with Crippen molar-refractivity contribution in [1.29, 1.82) is 0 Å². The second kappa shape index (κ2) is 8.06. The van der Waals surface area contributed by atoms with Crippen molar-refractivity contribution in [2.24, 2.45) is 0 Å². The lowest BCUT2D eigenvalue weighted by molar-refractivity contribution is -0.142. The third kappa shape index (κ3) is 3.71. The molecule has 2 aromatic rings. The molecule has 2 saturated heterocycles. The second-order valence-corrected chi connectivity index (χ2v) is 8.24. The van der Waals surface area contributed by atoms with Crippen LogP contribution in [0, 0.1) is 6.92 Å². The number of aryl methyl sites for hydroxylation is 1. The average Bonchev–Trinajstić information content (AvgIpc) is 3.25. The molecule has 28 heavy (non-hydrogen) atoms. The molecule has 2 heterocycles. The molecule has 0 saturated carbocycles. The fourth-order valence-electron chi connectivity index (χ4n) is 4.77. The van der Waals surface area contributed by atoms with Gasteiger partial charge in [-0.25, -0.2) is 0 Å². The van der Waals surface area contributed by atoms with E-state index in [1.807, 2.05) is 53.4 Å². The van der Waals surface area contributed by atoms with Gasteiger partial charge >= 0.3 is 0 Å². The maximum Gasteiger partial charge on any atom is 0.227 e. The van der Waals surface area contributed by atoms with Crippen LogP contribution in [0.2, 0.25) is 0 Å². The zero-order valence-corrected chi connectivity index (χ0v) is 16.7. The molecule has 4 rings (SSSR count). The maximum absolute atomic E-state index is 13.1. The van der Waals surface area contributed by atoms with Crippen LogP contribution < -0.4 is 0 Å².